The van der Waals surface area contributed by atoms with E-state index in [-0.39, 0.29) is 0 Å². The van der Waals surface area contributed by atoms with Crippen molar-refractivity contribution in [2.45, 2.75) is 0 Å². The standard InChI is InChI=1S/C29H23N/c1-30(25-18-16-23(17-19-25)22-10-4-2-5-11-22)29-21-20-26(24-12-6-3-7-13-24)27-14-8-9-15-28(27)29/h2-21H,1H3. The Morgan fingerprint density at radius 3 is 1.63 bits per heavy atom. The molecule has 0 radical (unpaired) electrons. The van der Waals surface area contributed by atoms with Crippen LogP contribution in [0, 0.1) is 0 Å². The molecule has 144 valence electrons. The van der Waals surface area contributed by atoms with Gasteiger partial charge in [0.1, 0.15) is 0 Å². The lowest BCUT2D eigenvalue weighted by Gasteiger charge is -2.23. The molecule has 5 rings (SSSR count). The first-order valence-corrected chi connectivity index (χ1v) is 10.3. The SMILES string of the molecule is CN(c1ccc(-c2ccccc2)cc1)c1ccc(-c2ccccc2)c2ccccc12. The summed E-state index contributed by atoms with van der Waals surface area (Å²) < 4.78 is 0. The zero-order chi connectivity index (χ0) is 20.3. The first kappa shape index (κ1) is 18.2. The molecule has 0 atom stereocenters. The Labute approximate surface area is 177 Å². The number of anilines is 2. The molecular weight excluding hydrogens is 362 g/mol. The molecule has 0 bridgehead atoms. The monoisotopic (exact) mass is 385 g/mol. The van der Waals surface area contributed by atoms with Crippen molar-refractivity contribution < 1.29 is 0 Å². The molecule has 0 N–H and O–H groups in total. The van der Waals surface area contributed by atoms with Gasteiger partial charge in [-0.15, -0.1) is 0 Å². The Morgan fingerprint density at radius 2 is 0.967 bits per heavy atom. The molecular formula is C29H23N. The van der Waals surface area contributed by atoms with Crippen LogP contribution >= 0.6 is 0 Å². The summed E-state index contributed by atoms with van der Waals surface area (Å²) in [6, 6.07) is 43.0. The fraction of sp³-hybridized carbons (Fsp3) is 0.0345. The van der Waals surface area contributed by atoms with Gasteiger partial charge >= 0.3 is 0 Å². The maximum atomic E-state index is 2.27. The summed E-state index contributed by atoms with van der Waals surface area (Å²) in [5, 5.41) is 2.53. The summed E-state index contributed by atoms with van der Waals surface area (Å²) in [7, 11) is 2.14. The van der Waals surface area contributed by atoms with E-state index in [0.717, 1.165) is 0 Å². The van der Waals surface area contributed by atoms with Gasteiger partial charge in [-0.1, -0.05) is 103 Å². The van der Waals surface area contributed by atoms with E-state index >= 15 is 0 Å². The molecule has 0 aliphatic heterocycles. The Hall–Kier alpha value is -3.84. The van der Waals surface area contributed by atoms with Crippen LogP contribution in [0.3, 0.4) is 0 Å². The summed E-state index contributed by atoms with van der Waals surface area (Å²) in [4.78, 5) is 2.27. The Kier molecular flexibility index (Phi) is 4.78. The highest BCUT2D eigenvalue weighted by molar-refractivity contribution is 6.04. The lowest BCUT2D eigenvalue weighted by Crippen LogP contribution is -2.09. The third kappa shape index (κ3) is 3.35. The summed E-state index contributed by atoms with van der Waals surface area (Å²) in [5.74, 6) is 0. The quantitative estimate of drug-likeness (QED) is 0.303. The molecule has 1 nitrogen and oxygen atoms in total. The average Bonchev–Trinajstić information content (AvgIpc) is 2.84. The van der Waals surface area contributed by atoms with Gasteiger partial charge in [0.05, 0.1) is 0 Å². The highest BCUT2D eigenvalue weighted by Gasteiger charge is 2.12. The van der Waals surface area contributed by atoms with Gasteiger partial charge in [0.2, 0.25) is 0 Å². The predicted octanol–water partition coefficient (Wildman–Crippen LogP) is 7.94. The second kappa shape index (κ2) is 7.88. The summed E-state index contributed by atoms with van der Waals surface area (Å²) in [6.07, 6.45) is 0. The Morgan fingerprint density at radius 1 is 0.433 bits per heavy atom. The average molecular weight is 386 g/mol. The van der Waals surface area contributed by atoms with Crippen molar-refractivity contribution in [2.75, 3.05) is 11.9 Å². The van der Waals surface area contributed by atoms with Crippen molar-refractivity contribution in [3.63, 3.8) is 0 Å². The van der Waals surface area contributed by atoms with E-state index in [1.54, 1.807) is 0 Å². The molecule has 0 spiro atoms. The third-order valence-corrected chi connectivity index (χ3v) is 5.71. The van der Waals surface area contributed by atoms with Crippen LogP contribution in [0.2, 0.25) is 0 Å². The number of nitrogens with zero attached hydrogens (tertiary/aromatic N) is 1. The van der Waals surface area contributed by atoms with E-state index in [2.05, 4.69) is 133 Å². The van der Waals surface area contributed by atoms with E-state index in [0.29, 0.717) is 0 Å². The van der Waals surface area contributed by atoms with Crippen molar-refractivity contribution in [1.29, 1.82) is 0 Å². The summed E-state index contributed by atoms with van der Waals surface area (Å²) in [5.41, 5.74) is 7.37. The minimum absolute atomic E-state index is 1.17. The van der Waals surface area contributed by atoms with Crippen LogP contribution < -0.4 is 4.90 Å². The topological polar surface area (TPSA) is 3.24 Å². The van der Waals surface area contributed by atoms with E-state index < -0.39 is 0 Å². The van der Waals surface area contributed by atoms with Crippen molar-refractivity contribution >= 4 is 22.1 Å². The number of rotatable bonds is 4. The molecule has 5 aromatic rings. The summed E-state index contributed by atoms with van der Waals surface area (Å²) in [6.45, 7) is 0. The summed E-state index contributed by atoms with van der Waals surface area (Å²) >= 11 is 0. The molecule has 0 saturated carbocycles. The van der Waals surface area contributed by atoms with Gasteiger partial charge in [-0.2, -0.15) is 0 Å². The number of fused-ring (bicyclic) bond motifs is 1. The second-order valence-electron chi connectivity index (χ2n) is 7.52. The van der Waals surface area contributed by atoms with Crippen molar-refractivity contribution in [3.8, 4) is 22.3 Å². The molecule has 0 aromatic heterocycles. The lowest BCUT2D eigenvalue weighted by molar-refractivity contribution is 1.22. The molecule has 0 fully saturated rings. The molecule has 0 aliphatic rings. The zero-order valence-electron chi connectivity index (χ0n) is 17.0. The van der Waals surface area contributed by atoms with E-state index in [4.69, 9.17) is 0 Å². The van der Waals surface area contributed by atoms with E-state index in [1.807, 2.05) is 0 Å². The first-order chi connectivity index (χ1) is 14.8. The van der Waals surface area contributed by atoms with Crippen molar-refractivity contribution in [3.05, 3.63) is 121 Å². The minimum atomic E-state index is 1.17. The largest absolute Gasteiger partial charge is 0.344 e. The highest BCUT2D eigenvalue weighted by atomic mass is 15.1. The normalized spacial score (nSPS) is 10.8. The van der Waals surface area contributed by atoms with Gasteiger partial charge in [-0.25, -0.2) is 0 Å². The van der Waals surface area contributed by atoms with Crippen molar-refractivity contribution in [2.24, 2.45) is 0 Å². The number of hydrogen-bond donors (Lipinski definition) is 0. The van der Waals surface area contributed by atoms with E-state index in [9.17, 15) is 0 Å². The van der Waals surface area contributed by atoms with Gasteiger partial charge in [0.25, 0.3) is 0 Å². The maximum Gasteiger partial charge on any atom is 0.0488 e. The molecule has 1 heteroatoms. The second-order valence-corrected chi connectivity index (χ2v) is 7.52. The molecule has 0 amide bonds. The number of benzene rings is 5. The molecule has 0 aliphatic carbocycles. The highest BCUT2D eigenvalue weighted by Crippen LogP contribution is 2.37. The van der Waals surface area contributed by atoms with Crippen LogP contribution in [-0.4, -0.2) is 7.05 Å². The first-order valence-electron chi connectivity index (χ1n) is 10.3. The lowest BCUT2D eigenvalue weighted by atomic mass is 9.96. The minimum Gasteiger partial charge on any atom is -0.344 e. The fourth-order valence-electron chi connectivity index (χ4n) is 4.09. The maximum absolute atomic E-state index is 2.27. The van der Waals surface area contributed by atoms with Crippen LogP contribution in [0.5, 0.6) is 0 Å². The van der Waals surface area contributed by atoms with Gasteiger partial charge < -0.3 is 4.90 Å². The molecule has 0 heterocycles. The van der Waals surface area contributed by atoms with Crippen LogP contribution in [0.15, 0.2) is 121 Å². The van der Waals surface area contributed by atoms with Crippen LogP contribution in [0.25, 0.3) is 33.0 Å². The third-order valence-electron chi connectivity index (χ3n) is 5.71. The Bertz CT molecular complexity index is 1270. The van der Waals surface area contributed by atoms with Crippen LogP contribution in [0.1, 0.15) is 0 Å². The number of hydrogen-bond acceptors (Lipinski definition) is 1. The molecule has 5 aromatic carbocycles. The van der Waals surface area contributed by atoms with Gasteiger partial charge in [0, 0.05) is 23.8 Å². The van der Waals surface area contributed by atoms with Gasteiger partial charge in [0.15, 0.2) is 0 Å². The predicted molar refractivity (Wildman–Crippen MR) is 129 cm³/mol. The van der Waals surface area contributed by atoms with Gasteiger partial charge in [-0.05, 0) is 45.8 Å². The Balaban J connectivity index is 1.55. The van der Waals surface area contributed by atoms with Gasteiger partial charge in [-0.3, -0.25) is 0 Å². The van der Waals surface area contributed by atoms with Crippen molar-refractivity contribution in [1.82, 2.24) is 0 Å². The molecule has 30 heavy (non-hydrogen) atoms. The fourth-order valence-corrected chi connectivity index (χ4v) is 4.09. The molecule has 0 saturated heterocycles. The smallest absolute Gasteiger partial charge is 0.0488 e. The van der Waals surface area contributed by atoms with E-state index in [1.165, 1.54) is 44.4 Å². The van der Waals surface area contributed by atoms with Crippen LogP contribution in [-0.2, 0) is 0 Å². The van der Waals surface area contributed by atoms with Crippen LogP contribution in [0.4, 0.5) is 11.4 Å². The molecule has 0 unspecified atom stereocenters. The zero-order valence-corrected chi connectivity index (χ0v) is 17.0.